The zero-order chi connectivity index (χ0) is 28.5. The van der Waals surface area contributed by atoms with Crippen molar-refractivity contribution in [2.24, 2.45) is 0 Å². The number of hydrogen-bond donors (Lipinski definition) is 2. The number of aromatic hydroxyl groups is 2. The number of aryl methyl sites for hydroxylation is 4. The summed E-state index contributed by atoms with van der Waals surface area (Å²) in [6.07, 6.45) is 7.77. The first-order valence-corrected chi connectivity index (χ1v) is 14.7. The van der Waals surface area contributed by atoms with Gasteiger partial charge in [0.25, 0.3) is 0 Å². The van der Waals surface area contributed by atoms with E-state index in [1.165, 1.54) is 11.1 Å². The Kier molecular flexibility index (Phi) is 10.1. The van der Waals surface area contributed by atoms with E-state index in [0.717, 1.165) is 73.6 Å². The van der Waals surface area contributed by atoms with E-state index in [1.54, 1.807) is 12.1 Å². The van der Waals surface area contributed by atoms with Crippen LogP contribution in [-0.2, 0) is 25.7 Å². The minimum absolute atomic E-state index is 0.0886. The van der Waals surface area contributed by atoms with Crippen molar-refractivity contribution in [1.82, 2.24) is 0 Å². The molecule has 0 saturated heterocycles. The molecule has 4 aromatic rings. The van der Waals surface area contributed by atoms with Crippen LogP contribution in [0.2, 0.25) is 0 Å². The van der Waals surface area contributed by atoms with Crippen LogP contribution < -0.4 is 9.47 Å². The van der Waals surface area contributed by atoms with Gasteiger partial charge in [-0.25, -0.2) is 0 Å². The van der Waals surface area contributed by atoms with Crippen molar-refractivity contribution in [3.05, 3.63) is 95.1 Å². The van der Waals surface area contributed by atoms with E-state index in [4.69, 9.17) is 9.47 Å². The van der Waals surface area contributed by atoms with Crippen LogP contribution in [0.25, 0.3) is 11.1 Å². The number of phenols is 2. The second-order valence-corrected chi connectivity index (χ2v) is 10.5. The Morgan fingerprint density at radius 1 is 0.425 bits per heavy atom. The molecule has 0 atom stereocenters. The summed E-state index contributed by atoms with van der Waals surface area (Å²) in [5.74, 6) is 2.46. The largest absolute Gasteiger partial charge is 0.507 e. The van der Waals surface area contributed by atoms with Crippen LogP contribution in [0.5, 0.6) is 34.5 Å². The van der Waals surface area contributed by atoms with Gasteiger partial charge in [-0.05, 0) is 96.5 Å². The van der Waals surface area contributed by atoms with Crippen molar-refractivity contribution in [3.8, 4) is 45.6 Å². The number of phenolic OH excluding ortho intramolecular Hbond substituents is 2. The van der Waals surface area contributed by atoms with Gasteiger partial charge in [-0.1, -0.05) is 77.6 Å². The first-order chi connectivity index (χ1) is 19.4. The average molecular weight is 539 g/mol. The first kappa shape index (κ1) is 29.1. The maximum atomic E-state index is 10.9. The third kappa shape index (κ3) is 7.18. The molecule has 0 heterocycles. The summed E-state index contributed by atoms with van der Waals surface area (Å²) >= 11 is 0. The minimum atomic E-state index is 0.0886. The molecule has 0 aliphatic carbocycles. The lowest BCUT2D eigenvalue weighted by atomic mass is 9.96. The van der Waals surface area contributed by atoms with E-state index >= 15 is 0 Å². The Hall–Kier alpha value is -3.92. The van der Waals surface area contributed by atoms with Gasteiger partial charge in [0.2, 0.25) is 0 Å². The summed E-state index contributed by atoms with van der Waals surface area (Å²) in [6.45, 7) is 8.60. The topological polar surface area (TPSA) is 58.9 Å². The molecule has 0 aliphatic heterocycles. The van der Waals surface area contributed by atoms with Crippen LogP contribution in [0.15, 0.2) is 72.8 Å². The molecule has 0 aromatic heterocycles. The Bertz CT molecular complexity index is 1420. The smallest absolute Gasteiger partial charge is 0.170 e. The Labute approximate surface area is 239 Å². The van der Waals surface area contributed by atoms with Crippen molar-refractivity contribution >= 4 is 0 Å². The van der Waals surface area contributed by atoms with Gasteiger partial charge in [-0.2, -0.15) is 0 Å². The Morgan fingerprint density at radius 3 is 1.43 bits per heavy atom. The Balaban J connectivity index is 1.80. The third-order valence-corrected chi connectivity index (χ3v) is 7.02. The van der Waals surface area contributed by atoms with E-state index in [0.29, 0.717) is 23.0 Å². The van der Waals surface area contributed by atoms with E-state index in [2.05, 4.69) is 45.9 Å². The van der Waals surface area contributed by atoms with Crippen molar-refractivity contribution in [2.75, 3.05) is 0 Å². The third-order valence-electron chi connectivity index (χ3n) is 7.02. The molecule has 2 N–H and O–H groups in total. The fourth-order valence-corrected chi connectivity index (χ4v) is 5.05. The predicted molar refractivity (Wildman–Crippen MR) is 164 cm³/mol. The second-order valence-electron chi connectivity index (χ2n) is 10.5. The molecule has 4 heteroatoms. The molecule has 0 aliphatic rings. The highest BCUT2D eigenvalue weighted by Crippen LogP contribution is 2.43. The highest BCUT2D eigenvalue weighted by atomic mass is 16.5. The van der Waals surface area contributed by atoms with E-state index in [-0.39, 0.29) is 11.5 Å². The van der Waals surface area contributed by atoms with Crippen LogP contribution in [-0.4, -0.2) is 10.2 Å². The van der Waals surface area contributed by atoms with E-state index in [9.17, 15) is 10.2 Å². The highest BCUT2D eigenvalue weighted by molar-refractivity contribution is 5.77. The molecule has 4 aromatic carbocycles. The van der Waals surface area contributed by atoms with E-state index < -0.39 is 0 Å². The molecule has 0 radical (unpaired) electrons. The van der Waals surface area contributed by atoms with Crippen molar-refractivity contribution in [2.45, 2.75) is 79.1 Å². The molecule has 4 nitrogen and oxygen atoms in total. The molecule has 40 heavy (non-hydrogen) atoms. The standard InChI is InChI=1S/C36H42O4/c1-5-9-25-13-17-31(37)29(21-25)30-22-26(10-6-2)15-19-33(30)39-36-24-28(12-8-4)16-20-34(36)40-35-23-27(11-7-3)14-18-32(35)38/h13-24,37-38H,5-12H2,1-4H3. The highest BCUT2D eigenvalue weighted by Gasteiger charge is 2.17. The lowest BCUT2D eigenvalue weighted by Crippen LogP contribution is -1.97. The van der Waals surface area contributed by atoms with E-state index in [1.807, 2.05) is 42.5 Å². The molecule has 4 rings (SSSR count). The SMILES string of the molecule is CCCc1ccc(O)c(Oc2ccc(CCC)cc2Oc2ccc(CCC)cc2-c2cc(CCC)ccc2O)c1. The van der Waals surface area contributed by atoms with Gasteiger partial charge in [0, 0.05) is 11.1 Å². The van der Waals surface area contributed by atoms with Gasteiger partial charge in [0.15, 0.2) is 23.0 Å². The van der Waals surface area contributed by atoms with Crippen LogP contribution in [0.1, 0.15) is 75.6 Å². The fraction of sp³-hybridized carbons (Fsp3) is 0.333. The maximum Gasteiger partial charge on any atom is 0.170 e. The number of hydrogen-bond acceptors (Lipinski definition) is 4. The van der Waals surface area contributed by atoms with Crippen molar-refractivity contribution < 1.29 is 19.7 Å². The molecular weight excluding hydrogens is 496 g/mol. The van der Waals surface area contributed by atoms with Crippen LogP contribution >= 0.6 is 0 Å². The second kappa shape index (κ2) is 13.9. The zero-order valence-electron chi connectivity index (χ0n) is 24.3. The molecule has 0 unspecified atom stereocenters. The molecule has 210 valence electrons. The lowest BCUT2D eigenvalue weighted by molar-refractivity contribution is 0.389. The molecule has 0 spiro atoms. The zero-order valence-corrected chi connectivity index (χ0v) is 24.3. The fourth-order valence-electron chi connectivity index (χ4n) is 5.05. The first-order valence-electron chi connectivity index (χ1n) is 14.7. The molecular formula is C36H42O4. The molecule has 0 bridgehead atoms. The van der Waals surface area contributed by atoms with Gasteiger partial charge in [-0.15, -0.1) is 0 Å². The van der Waals surface area contributed by atoms with Gasteiger partial charge in [0.05, 0.1) is 0 Å². The predicted octanol–water partition coefficient (Wildman–Crippen LogP) is 10.2. The van der Waals surface area contributed by atoms with Crippen LogP contribution in [0.3, 0.4) is 0 Å². The number of benzene rings is 4. The summed E-state index contributed by atoms with van der Waals surface area (Å²) in [6, 6.07) is 23.5. The maximum absolute atomic E-state index is 10.9. The van der Waals surface area contributed by atoms with Crippen molar-refractivity contribution in [1.29, 1.82) is 0 Å². The number of rotatable bonds is 13. The summed E-state index contributed by atoms with van der Waals surface area (Å²) in [5, 5.41) is 21.5. The van der Waals surface area contributed by atoms with Gasteiger partial charge < -0.3 is 19.7 Å². The summed E-state index contributed by atoms with van der Waals surface area (Å²) in [5.41, 5.74) is 6.23. The quantitative estimate of drug-likeness (QED) is 0.178. The lowest BCUT2D eigenvalue weighted by Gasteiger charge is -2.18. The molecule has 0 saturated carbocycles. The van der Waals surface area contributed by atoms with Crippen LogP contribution in [0.4, 0.5) is 0 Å². The van der Waals surface area contributed by atoms with Crippen LogP contribution in [0, 0.1) is 0 Å². The normalized spacial score (nSPS) is 11.0. The van der Waals surface area contributed by atoms with Gasteiger partial charge in [0.1, 0.15) is 11.5 Å². The van der Waals surface area contributed by atoms with Gasteiger partial charge in [-0.3, -0.25) is 0 Å². The minimum Gasteiger partial charge on any atom is -0.507 e. The monoisotopic (exact) mass is 538 g/mol. The average Bonchev–Trinajstić information content (AvgIpc) is 2.94. The summed E-state index contributed by atoms with van der Waals surface area (Å²) in [4.78, 5) is 0. The summed E-state index contributed by atoms with van der Waals surface area (Å²) < 4.78 is 12.9. The molecule has 0 amide bonds. The number of ether oxygens (including phenoxy) is 2. The Morgan fingerprint density at radius 2 is 0.850 bits per heavy atom. The molecule has 0 fully saturated rings. The van der Waals surface area contributed by atoms with Gasteiger partial charge >= 0.3 is 0 Å². The summed E-state index contributed by atoms with van der Waals surface area (Å²) in [7, 11) is 0. The van der Waals surface area contributed by atoms with Crippen molar-refractivity contribution in [3.63, 3.8) is 0 Å².